The van der Waals surface area contributed by atoms with Crippen LogP contribution in [0.2, 0.25) is 0 Å². The van der Waals surface area contributed by atoms with Crippen LogP contribution >= 0.6 is 11.6 Å². The van der Waals surface area contributed by atoms with E-state index in [1.54, 1.807) is 0 Å². The fourth-order valence-electron chi connectivity index (χ4n) is 2.93. The first-order valence-electron chi connectivity index (χ1n) is 7.45. The van der Waals surface area contributed by atoms with Crippen molar-refractivity contribution >= 4 is 23.2 Å². The van der Waals surface area contributed by atoms with E-state index < -0.39 is 35.1 Å². The summed E-state index contributed by atoms with van der Waals surface area (Å²) < 4.78 is 40.8. The lowest BCUT2D eigenvalue weighted by Crippen LogP contribution is -2.44. The molecule has 0 aromatic carbocycles. The first kappa shape index (κ1) is 17.6. The minimum atomic E-state index is -4.37. The molecule has 1 saturated carbocycles. The third kappa shape index (κ3) is 3.46. The highest BCUT2D eigenvalue weighted by Crippen LogP contribution is 2.39. The lowest BCUT2D eigenvalue weighted by molar-refractivity contribution is -0.183. The zero-order chi connectivity index (χ0) is 18.4. The highest BCUT2D eigenvalue weighted by atomic mass is 35.5. The molecule has 3 unspecified atom stereocenters. The average Bonchev–Trinajstić information content (AvgIpc) is 2.94. The van der Waals surface area contributed by atoms with Gasteiger partial charge in [-0.05, 0) is 19.3 Å². The number of nitrogens with one attached hydrogen (secondary N) is 1. The summed E-state index contributed by atoms with van der Waals surface area (Å²) in [5, 5.41) is 9.12. The molecular weight excluding hydrogens is 365 g/mol. The summed E-state index contributed by atoms with van der Waals surface area (Å²) in [6, 6.07) is -0.744. The van der Waals surface area contributed by atoms with E-state index in [0.29, 0.717) is 0 Å². The van der Waals surface area contributed by atoms with Gasteiger partial charge in [0.15, 0.2) is 11.3 Å². The van der Waals surface area contributed by atoms with Gasteiger partial charge in [-0.3, -0.25) is 4.79 Å². The van der Waals surface area contributed by atoms with Crippen molar-refractivity contribution < 1.29 is 18.0 Å². The van der Waals surface area contributed by atoms with E-state index in [2.05, 4.69) is 20.6 Å². The van der Waals surface area contributed by atoms with Crippen molar-refractivity contribution in [1.29, 1.82) is 0 Å². The lowest BCUT2D eigenvalue weighted by Gasteiger charge is -2.33. The molecule has 0 radical (unpaired) electrons. The summed E-state index contributed by atoms with van der Waals surface area (Å²) in [4.78, 5) is 28.0. The van der Waals surface area contributed by atoms with Crippen LogP contribution in [-0.2, 0) is 7.05 Å². The second kappa shape index (κ2) is 6.28. The zero-order valence-corrected chi connectivity index (χ0v) is 13.8. The third-order valence-electron chi connectivity index (χ3n) is 4.16. The van der Waals surface area contributed by atoms with E-state index in [1.165, 1.54) is 7.05 Å². The Bertz CT molecular complexity index is 864. The molecule has 0 bridgehead atoms. The fourth-order valence-corrected chi connectivity index (χ4v) is 3.36. The monoisotopic (exact) mass is 378 g/mol. The number of hydrogen-bond donors (Lipinski definition) is 1. The SMILES string of the molecule is Cn1nnc2c(C(=O)NC3CC(Cl)CC(C(F)(F)F)C3)ncn2c1=O. The molecule has 1 aliphatic rings. The Labute approximate surface area is 144 Å². The van der Waals surface area contributed by atoms with Gasteiger partial charge in [-0.2, -0.15) is 17.9 Å². The standard InChI is InChI=1S/C13H14ClF3N6O2/c1-22-12(25)23-5-18-9(10(23)20-21-22)11(24)19-8-3-6(13(15,16)17)2-7(14)4-8/h5-8H,2-4H2,1H3,(H,19,24). The van der Waals surface area contributed by atoms with Gasteiger partial charge in [-0.1, -0.05) is 5.21 Å². The third-order valence-corrected chi connectivity index (χ3v) is 4.52. The van der Waals surface area contributed by atoms with Crippen LogP contribution in [0.5, 0.6) is 0 Å². The predicted molar refractivity (Wildman–Crippen MR) is 80.3 cm³/mol. The lowest BCUT2D eigenvalue weighted by atomic mass is 9.85. The molecule has 136 valence electrons. The topological polar surface area (TPSA) is 94.2 Å². The van der Waals surface area contributed by atoms with Crippen LogP contribution in [0.25, 0.3) is 5.65 Å². The van der Waals surface area contributed by atoms with Crippen LogP contribution in [0.15, 0.2) is 11.1 Å². The van der Waals surface area contributed by atoms with E-state index >= 15 is 0 Å². The van der Waals surface area contributed by atoms with Crippen molar-refractivity contribution in [3.63, 3.8) is 0 Å². The van der Waals surface area contributed by atoms with Gasteiger partial charge in [0.05, 0.1) is 5.92 Å². The highest BCUT2D eigenvalue weighted by Gasteiger charge is 2.45. The van der Waals surface area contributed by atoms with Crippen molar-refractivity contribution in [1.82, 2.24) is 29.7 Å². The molecule has 2 aromatic heterocycles. The summed E-state index contributed by atoms with van der Waals surface area (Å²) in [6.45, 7) is 0. The molecule has 8 nitrogen and oxygen atoms in total. The number of carbonyl (C=O) groups is 1. The molecule has 1 fully saturated rings. The minimum Gasteiger partial charge on any atom is -0.348 e. The van der Waals surface area contributed by atoms with E-state index in [-0.39, 0.29) is 30.6 Å². The number of nitrogens with zero attached hydrogens (tertiary/aromatic N) is 5. The smallest absolute Gasteiger partial charge is 0.348 e. The van der Waals surface area contributed by atoms with Gasteiger partial charge in [0.1, 0.15) is 6.33 Å². The number of carbonyl (C=O) groups excluding carboxylic acids is 1. The van der Waals surface area contributed by atoms with Crippen molar-refractivity contribution in [2.75, 3.05) is 0 Å². The van der Waals surface area contributed by atoms with E-state index in [0.717, 1.165) is 15.4 Å². The summed E-state index contributed by atoms with van der Waals surface area (Å²) in [5.41, 5.74) is -0.788. The van der Waals surface area contributed by atoms with Crippen LogP contribution in [-0.4, -0.2) is 47.9 Å². The molecule has 3 atom stereocenters. The van der Waals surface area contributed by atoms with Gasteiger partial charge in [-0.25, -0.2) is 14.2 Å². The molecule has 2 heterocycles. The number of amides is 1. The van der Waals surface area contributed by atoms with Gasteiger partial charge in [-0.15, -0.1) is 16.7 Å². The number of hydrogen-bond acceptors (Lipinski definition) is 5. The number of alkyl halides is 4. The fraction of sp³-hybridized carbons (Fsp3) is 0.615. The molecule has 0 spiro atoms. The van der Waals surface area contributed by atoms with E-state index in [4.69, 9.17) is 11.6 Å². The Morgan fingerprint density at radius 1 is 1.36 bits per heavy atom. The number of fused-ring (bicyclic) bond motifs is 1. The van der Waals surface area contributed by atoms with Gasteiger partial charge in [0.25, 0.3) is 5.91 Å². The Morgan fingerprint density at radius 2 is 2.08 bits per heavy atom. The molecule has 1 N–H and O–H groups in total. The Hall–Kier alpha value is -2.17. The van der Waals surface area contributed by atoms with Gasteiger partial charge >= 0.3 is 11.9 Å². The molecule has 12 heteroatoms. The second-order valence-corrected chi connectivity index (χ2v) is 6.61. The Balaban J connectivity index is 1.80. The largest absolute Gasteiger partial charge is 0.391 e. The molecule has 1 aliphatic carbocycles. The van der Waals surface area contributed by atoms with Crippen molar-refractivity contribution in [3.8, 4) is 0 Å². The van der Waals surface area contributed by atoms with Crippen molar-refractivity contribution in [2.45, 2.75) is 36.9 Å². The molecular formula is C13H14ClF3N6O2. The highest BCUT2D eigenvalue weighted by molar-refractivity contribution is 6.20. The summed E-state index contributed by atoms with van der Waals surface area (Å²) >= 11 is 5.92. The van der Waals surface area contributed by atoms with Crippen LogP contribution in [0.1, 0.15) is 29.8 Å². The van der Waals surface area contributed by atoms with Crippen LogP contribution < -0.4 is 11.0 Å². The number of halogens is 4. The van der Waals surface area contributed by atoms with Crippen LogP contribution in [0.3, 0.4) is 0 Å². The Morgan fingerprint density at radius 3 is 2.76 bits per heavy atom. The Kier molecular flexibility index (Phi) is 4.43. The quantitative estimate of drug-likeness (QED) is 0.783. The molecule has 1 amide bonds. The van der Waals surface area contributed by atoms with Gasteiger partial charge in [0, 0.05) is 18.5 Å². The maximum atomic E-state index is 12.9. The minimum absolute atomic E-state index is 0.0637. The number of aromatic nitrogens is 5. The first-order chi connectivity index (χ1) is 11.7. The average molecular weight is 379 g/mol. The summed E-state index contributed by atoms with van der Waals surface area (Å²) in [5.74, 6) is -2.29. The van der Waals surface area contributed by atoms with E-state index in [1.807, 2.05) is 0 Å². The first-order valence-corrected chi connectivity index (χ1v) is 7.89. The molecule has 0 aliphatic heterocycles. The normalized spacial score (nSPS) is 24.4. The molecule has 2 aromatic rings. The predicted octanol–water partition coefficient (Wildman–Crippen LogP) is 0.891. The second-order valence-electron chi connectivity index (χ2n) is 6.00. The van der Waals surface area contributed by atoms with E-state index in [9.17, 15) is 22.8 Å². The number of aryl methyl sites for hydroxylation is 1. The van der Waals surface area contributed by atoms with Crippen molar-refractivity contribution in [3.05, 3.63) is 22.5 Å². The summed E-state index contributed by atoms with van der Waals surface area (Å²) in [6.07, 6.45) is -3.45. The van der Waals surface area contributed by atoms with Crippen molar-refractivity contribution in [2.24, 2.45) is 13.0 Å². The molecule has 25 heavy (non-hydrogen) atoms. The van der Waals surface area contributed by atoms with Crippen LogP contribution in [0.4, 0.5) is 13.2 Å². The molecule has 3 rings (SSSR count). The van der Waals surface area contributed by atoms with Crippen LogP contribution in [0, 0.1) is 5.92 Å². The molecule has 0 saturated heterocycles. The maximum Gasteiger partial charge on any atom is 0.391 e. The van der Waals surface area contributed by atoms with Gasteiger partial charge < -0.3 is 5.32 Å². The van der Waals surface area contributed by atoms with Gasteiger partial charge in [0.2, 0.25) is 0 Å². The maximum absolute atomic E-state index is 12.9. The zero-order valence-electron chi connectivity index (χ0n) is 13.0. The summed E-state index contributed by atoms with van der Waals surface area (Å²) in [7, 11) is 1.38. The number of imidazole rings is 1. The number of rotatable bonds is 2.